The second-order valence-electron chi connectivity index (χ2n) is 7.24. The molecule has 0 amide bonds. The number of carbonyl (C=O) groups is 2. The highest BCUT2D eigenvalue weighted by Gasteiger charge is 2.39. The molecule has 5 nitrogen and oxygen atoms in total. The van der Waals surface area contributed by atoms with Gasteiger partial charge in [0.05, 0.1) is 6.61 Å². The average molecular weight is 346 g/mol. The fraction of sp³-hybridized carbons (Fsp3) is 0.500. The van der Waals surface area contributed by atoms with Crippen LogP contribution in [0.15, 0.2) is 17.7 Å². The number of benzene rings is 1. The van der Waals surface area contributed by atoms with E-state index >= 15 is 0 Å². The molecule has 0 atom stereocenters. The van der Waals surface area contributed by atoms with Crippen molar-refractivity contribution >= 4 is 18.0 Å². The summed E-state index contributed by atoms with van der Waals surface area (Å²) in [7, 11) is 0. The van der Waals surface area contributed by atoms with Crippen LogP contribution >= 0.6 is 0 Å². The summed E-state index contributed by atoms with van der Waals surface area (Å²) in [6.07, 6.45) is 2.51. The summed E-state index contributed by atoms with van der Waals surface area (Å²) >= 11 is 0. The third-order valence-corrected chi connectivity index (χ3v) is 3.94. The standard InChI is InChI=1S/C20H26O5/c1-12(2)7-8-23-15-9-13(3)16(14(4)10-15)11-17-18(21)24-20(5,6)25-19(17)22/h9-12H,7-8H2,1-6H3. The van der Waals surface area contributed by atoms with Gasteiger partial charge in [0.15, 0.2) is 0 Å². The van der Waals surface area contributed by atoms with Gasteiger partial charge in [-0.15, -0.1) is 0 Å². The Hall–Kier alpha value is -2.30. The van der Waals surface area contributed by atoms with Crippen LogP contribution < -0.4 is 4.74 Å². The molecule has 0 unspecified atom stereocenters. The molecule has 0 saturated carbocycles. The number of aryl methyl sites for hydroxylation is 2. The summed E-state index contributed by atoms with van der Waals surface area (Å²) in [6, 6.07) is 3.81. The Morgan fingerprint density at radius 3 is 2.08 bits per heavy atom. The van der Waals surface area contributed by atoms with Crippen molar-refractivity contribution in [2.75, 3.05) is 6.61 Å². The number of rotatable bonds is 5. The van der Waals surface area contributed by atoms with Gasteiger partial charge in [0.2, 0.25) is 0 Å². The first-order valence-corrected chi connectivity index (χ1v) is 8.51. The molecule has 25 heavy (non-hydrogen) atoms. The molecule has 2 rings (SSSR count). The largest absolute Gasteiger partial charge is 0.494 e. The molecular formula is C20H26O5. The number of hydrogen-bond donors (Lipinski definition) is 0. The second kappa shape index (κ2) is 7.30. The fourth-order valence-corrected chi connectivity index (χ4v) is 2.58. The molecule has 1 aliphatic heterocycles. The molecule has 1 fully saturated rings. The number of ether oxygens (including phenoxy) is 3. The molecule has 0 bridgehead atoms. The first-order valence-electron chi connectivity index (χ1n) is 8.51. The third kappa shape index (κ3) is 4.84. The first kappa shape index (κ1) is 19.0. The van der Waals surface area contributed by atoms with E-state index in [0.29, 0.717) is 12.5 Å². The van der Waals surface area contributed by atoms with E-state index in [1.54, 1.807) is 0 Å². The maximum absolute atomic E-state index is 12.1. The van der Waals surface area contributed by atoms with Gasteiger partial charge in [-0.2, -0.15) is 0 Å². The predicted molar refractivity (Wildman–Crippen MR) is 95.1 cm³/mol. The molecule has 0 N–H and O–H groups in total. The van der Waals surface area contributed by atoms with Crippen molar-refractivity contribution in [1.82, 2.24) is 0 Å². The average Bonchev–Trinajstić information content (AvgIpc) is 2.43. The van der Waals surface area contributed by atoms with E-state index in [-0.39, 0.29) is 5.57 Å². The minimum Gasteiger partial charge on any atom is -0.494 e. The lowest BCUT2D eigenvalue weighted by molar-refractivity contribution is -0.222. The predicted octanol–water partition coefficient (Wildman–Crippen LogP) is 3.95. The zero-order valence-corrected chi connectivity index (χ0v) is 15.8. The lowest BCUT2D eigenvalue weighted by atomic mass is 9.99. The van der Waals surface area contributed by atoms with Gasteiger partial charge in [0.25, 0.3) is 5.79 Å². The molecule has 1 aromatic rings. The van der Waals surface area contributed by atoms with Gasteiger partial charge in [-0.25, -0.2) is 9.59 Å². The highest BCUT2D eigenvalue weighted by Crippen LogP contribution is 2.28. The fourth-order valence-electron chi connectivity index (χ4n) is 2.58. The van der Waals surface area contributed by atoms with Crippen LogP contribution in [-0.2, 0) is 19.1 Å². The molecule has 136 valence electrons. The van der Waals surface area contributed by atoms with Crippen molar-refractivity contribution in [1.29, 1.82) is 0 Å². The van der Waals surface area contributed by atoms with Crippen LogP contribution in [0.5, 0.6) is 5.75 Å². The lowest BCUT2D eigenvalue weighted by Crippen LogP contribution is -2.41. The number of cyclic esters (lactones) is 2. The maximum atomic E-state index is 12.1. The molecule has 5 heteroatoms. The molecule has 0 spiro atoms. The van der Waals surface area contributed by atoms with Crippen LogP contribution in [0.3, 0.4) is 0 Å². The third-order valence-electron chi connectivity index (χ3n) is 3.94. The van der Waals surface area contributed by atoms with Gasteiger partial charge in [-0.3, -0.25) is 0 Å². The summed E-state index contributed by atoms with van der Waals surface area (Å²) in [5.74, 6) is -1.20. The van der Waals surface area contributed by atoms with Crippen molar-refractivity contribution < 1.29 is 23.8 Å². The lowest BCUT2D eigenvalue weighted by Gasteiger charge is -2.29. The van der Waals surface area contributed by atoms with Gasteiger partial charge < -0.3 is 14.2 Å². The monoisotopic (exact) mass is 346 g/mol. The van der Waals surface area contributed by atoms with Crippen LogP contribution in [0.4, 0.5) is 0 Å². The van der Waals surface area contributed by atoms with E-state index in [1.807, 2.05) is 26.0 Å². The van der Waals surface area contributed by atoms with Gasteiger partial charge in [-0.05, 0) is 61.1 Å². The van der Waals surface area contributed by atoms with Crippen molar-refractivity contribution in [3.63, 3.8) is 0 Å². The Balaban J connectivity index is 2.25. The van der Waals surface area contributed by atoms with Crippen LogP contribution in [0, 0.1) is 19.8 Å². The Bertz CT molecular complexity index is 668. The van der Waals surface area contributed by atoms with Crippen LogP contribution in [-0.4, -0.2) is 24.3 Å². The van der Waals surface area contributed by atoms with Gasteiger partial charge in [0, 0.05) is 13.8 Å². The molecule has 1 aliphatic rings. The van der Waals surface area contributed by atoms with Crippen molar-refractivity contribution in [2.45, 2.75) is 53.8 Å². The van der Waals surface area contributed by atoms with Crippen LogP contribution in [0.2, 0.25) is 0 Å². The topological polar surface area (TPSA) is 61.8 Å². The second-order valence-corrected chi connectivity index (χ2v) is 7.24. The molecule has 1 aromatic carbocycles. The summed E-state index contributed by atoms with van der Waals surface area (Å²) in [5, 5.41) is 0. The molecule has 0 aliphatic carbocycles. The zero-order valence-electron chi connectivity index (χ0n) is 15.8. The molecule has 0 aromatic heterocycles. The molecule has 1 heterocycles. The Morgan fingerprint density at radius 1 is 1.08 bits per heavy atom. The van der Waals surface area contributed by atoms with E-state index < -0.39 is 17.7 Å². The van der Waals surface area contributed by atoms with Crippen LogP contribution in [0.1, 0.15) is 50.8 Å². The van der Waals surface area contributed by atoms with E-state index in [0.717, 1.165) is 28.9 Å². The number of esters is 2. The van der Waals surface area contributed by atoms with Gasteiger partial charge >= 0.3 is 11.9 Å². The minimum absolute atomic E-state index is 0.0981. The number of carbonyl (C=O) groups excluding carboxylic acids is 2. The molecular weight excluding hydrogens is 320 g/mol. The summed E-state index contributed by atoms with van der Waals surface area (Å²) in [5.41, 5.74) is 2.52. The number of hydrogen-bond acceptors (Lipinski definition) is 5. The summed E-state index contributed by atoms with van der Waals surface area (Å²) < 4.78 is 16.1. The van der Waals surface area contributed by atoms with Crippen LogP contribution in [0.25, 0.3) is 6.08 Å². The van der Waals surface area contributed by atoms with E-state index in [4.69, 9.17) is 14.2 Å². The Morgan fingerprint density at radius 2 is 1.60 bits per heavy atom. The Kier molecular flexibility index (Phi) is 5.55. The van der Waals surface area contributed by atoms with Crippen molar-refractivity contribution in [3.05, 3.63) is 34.4 Å². The quantitative estimate of drug-likeness (QED) is 0.459. The van der Waals surface area contributed by atoms with Crippen molar-refractivity contribution in [2.24, 2.45) is 5.92 Å². The molecule has 1 saturated heterocycles. The highest BCUT2D eigenvalue weighted by molar-refractivity contribution is 6.19. The smallest absolute Gasteiger partial charge is 0.348 e. The molecule has 0 radical (unpaired) electrons. The maximum Gasteiger partial charge on any atom is 0.348 e. The highest BCUT2D eigenvalue weighted by atomic mass is 16.7. The van der Waals surface area contributed by atoms with E-state index in [1.165, 1.54) is 19.9 Å². The van der Waals surface area contributed by atoms with E-state index in [9.17, 15) is 9.59 Å². The first-order chi connectivity index (χ1) is 11.6. The summed E-state index contributed by atoms with van der Waals surface area (Å²) in [6.45, 7) is 11.8. The Labute approximate surface area is 149 Å². The minimum atomic E-state index is -1.23. The van der Waals surface area contributed by atoms with E-state index in [2.05, 4.69) is 13.8 Å². The normalized spacial score (nSPS) is 16.5. The van der Waals surface area contributed by atoms with Gasteiger partial charge in [-0.1, -0.05) is 13.8 Å². The zero-order chi connectivity index (χ0) is 18.8. The van der Waals surface area contributed by atoms with Crippen molar-refractivity contribution in [3.8, 4) is 5.75 Å². The summed E-state index contributed by atoms with van der Waals surface area (Å²) in [4.78, 5) is 24.2. The SMILES string of the molecule is Cc1cc(OCCC(C)C)cc(C)c1C=C1C(=O)OC(C)(C)OC1=O. The van der Waals surface area contributed by atoms with Gasteiger partial charge in [0.1, 0.15) is 11.3 Å².